The first-order chi connectivity index (χ1) is 19.0. The minimum Gasteiger partial charge on any atom is -0.432 e. The van der Waals surface area contributed by atoms with Gasteiger partial charge in [0.05, 0.1) is 9.85 Å². The van der Waals surface area contributed by atoms with E-state index in [4.69, 9.17) is 5.73 Å². The van der Waals surface area contributed by atoms with Crippen LogP contribution < -0.4 is 5.73 Å². The number of anilines is 1. The lowest BCUT2D eigenvalue weighted by molar-refractivity contribution is -0.384. The van der Waals surface area contributed by atoms with Gasteiger partial charge in [-0.05, 0) is 74.6 Å². The molecule has 0 amide bonds. The molecule has 3 aromatic carbocycles. The smallest absolute Gasteiger partial charge is 0.413 e. The van der Waals surface area contributed by atoms with Gasteiger partial charge in [0.15, 0.2) is 0 Å². The van der Waals surface area contributed by atoms with Gasteiger partial charge in [-0.15, -0.1) is 0 Å². The number of nitrogens with one attached hydrogen (secondary N) is 1. The summed E-state index contributed by atoms with van der Waals surface area (Å²) in [6.45, 7) is 3.37. The zero-order valence-electron chi connectivity index (χ0n) is 21.7. The summed E-state index contributed by atoms with van der Waals surface area (Å²) in [5.74, 6) is 0. The molecule has 0 spiro atoms. The Morgan fingerprint density at radius 1 is 0.725 bits per heavy atom. The number of nitro groups is 2. The maximum Gasteiger partial charge on any atom is 0.413 e. The second kappa shape index (κ2) is 11.8. The zero-order valence-corrected chi connectivity index (χ0v) is 21.7. The fourth-order valence-electron chi connectivity index (χ4n) is 4.25. The van der Waals surface area contributed by atoms with Crippen LogP contribution in [0.25, 0.3) is 32.7 Å². The van der Waals surface area contributed by atoms with Crippen molar-refractivity contribution in [2.24, 2.45) is 0 Å². The first-order valence-electron chi connectivity index (χ1n) is 12.2. The van der Waals surface area contributed by atoms with Gasteiger partial charge in [0.1, 0.15) is 0 Å². The molecular weight excluding hydrogens is 514 g/mol. The minimum atomic E-state index is -0.635. The fraction of sp³-hybridized carbons (Fsp3) is 0.0769. The number of aromatic amines is 1. The third-order valence-corrected chi connectivity index (χ3v) is 6.21. The highest BCUT2D eigenvalue weighted by molar-refractivity contribution is 6.48. The minimum absolute atomic E-state index is 0.0610. The number of hydrogen-bond acceptors (Lipinski definition) is 7. The fourth-order valence-corrected chi connectivity index (χ4v) is 4.25. The summed E-state index contributed by atoms with van der Waals surface area (Å²) in [4.78, 5) is 23.0. The molecule has 0 aliphatic rings. The van der Waals surface area contributed by atoms with Crippen LogP contribution in [-0.4, -0.2) is 47.9 Å². The molecule has 202 valence electrons. The molecule has 3 heterocycles. The number of aromatic nitrogens is 3. The van der Waals surface area contributed by atoms with Gasteiger partial charge in [0, 0.05) is 68.9 Å². The number of non-ortho nitro benzene ring substituents is 2. The summed E-state index contributed by atoms with van der Waals surface area (Å²) in [6, 6.07) is 20.4. The molecule has 0 aliphatic carbocycles. The van der Waals surface area contributed by atoms with Crippen molar-refractivity contribution in [3.8, 4) is 0 Å². The summed E-state index contributed by atoms with van der Waals surface area (Å²) in [5, 5.41) is 42.4. The molecule has 5 N–H and O–H groups in total. The van der Waals surface area contributed by atoms with E-state index in [1.165, 1.54) is 18.2 Å². The number of nitrogen functional groups attached to an aromatic ring is 1. The Balaban J connectivity index is 0.000000140. The molecule has 14 heteroatoms. The lowest BCUT2D eigenvalue weighted by Crippen LogP contribution is -2.17. The average molecular weight is 540 g/mol. The van der Waals surface area contributed by atoms with E-state index in [-0.39, 0.29) is 11.4 Å². The second-order valence-corrected chi connectivity index (χ2v) is 9.03. The topological polar surface area (TPSA) is 178 Å². The molecule has 6 rings (SSSR count). The normalized spacial score (nSPS) is 10.5. The molecule has 0 atom stereocenters. The highest BCUT2D eigenvalue weighted by atomic mass is 16.6. The van der Waals surface area contributed by atoms with Gasteiger partial charge in [-0.3, -0.25) is 20.2 Å². The van der Waals surface area contributed by atoms with E-state index in [1.54, 1.807) is 59.3 Å². The molecular formula is C26H26B2N6O6. The van der Waals surface area contributed by atoms with Crippen molar-refractivity contribution in [3.05, 3.63) is 112 Å². The monoisotopic (exact) mass is 540 g/mol. The molecule has 0 bridgehead atoms. The maximum absolute atomic E-state index is 10.5. The van der Waals surface area contributed by atoms with E-state index in [1.807, 2.05) is 36.5 Å². The lowest BCUT2D eigenvalue weighted by Gasteiger charge is -2.04. The van der Waals surface area contributed by atoms with Crippen molar-refractivity contribution in [3.63, 3.8) is 0 Å². The molecule has 6 aromatic rings. The first-order valence-corrected chi connectivity index (χ1v) is 12.2. The van der Waals surface area contributed by atoms with Gasteiger partial charge < -0.3 is 29.7 Å². The Labute approximate surface area is 228 Å². The van der Waals surface area contributed by atoms with Crippen LogP contribution >= 0.6 is 0 Å². The van der Waals surface area contributed by atoms with Crippen molar-refractivity contribution in [2.45, 2.75) is 13.6 Å². The third-order valence-electron chi connectivity index (χ3n) is 6.21. The Hall–Kier alpha value is -5.07. The number of rotatable bonds is 4. The van der Waals surface area contributed by atoms with Gasteiger partial charge >= 0.3 is 14.1 Å². The summed E-state index contributed by atoms with van der Waals surface area (Å²) < 4.78 is 3.45. The predicted octanol–water partition coefficient (Wildman–Crippen LogP) is 4.77. The van der Waals surface area contributed by atoms with E-state index in [0.29, 0.717) is 0 Å². The van der Waals surface area contributed by atoms with E-state index < -0.39 is 23.9 Å². The number of H-pyrrole nitrogens is 1. The van der Waals surface area contributed by atoms with E-state index in [2.05, 4.69) is 4.98 Å². The van der Waals surface area contributed by atoms with Gasteiger partial charge in [0.2, 0.25) is 0 Å². The molecule has 0 aliphatic heterocycles. The zero-order chi connectivity index (χ0) is 29.0. The Morgan fingerprint density at radius 2 is 1.23 bits per heavy atom. The van der Waals surface area contributed by atoms with Crippen molar-refractivity contribution in [1.82, 2.24) is 13.9 Å². The average Bonchev–Trinajstić information content (AvgIpc) is 3.66. The van der Waals surface area contributed by atoms with Gasteiger partial charge in [-0.1, -0.05) is 0 Å². The van der Waals surface area contributed by atoms with E-state index in [0.717, 1.165) is 38.4 Å². The number of nitrogens with zero attached hydrogens (tertiary/aromatic N) is 4. The largest absolute Gasteiger partial charge is 0.432 e. The highest BCUT2D eigenvalue weighted by Crippen LogP contribution is 2.22. The van der Waals surface area contributed by atoms with E-state index >= 15 is 0 Å². The molecule has 12 nitrogen and oxygen atoms in total. The Bertz CT molecular complexity index is 1810. The highest BCUT2D eigenvalue weighted by Gasteiger charge is 2.13. The number of nitrogens with two attached hydrogens (primary N) is 1. The second-order valence-electron chi connectivity index (χ2n) is 9.03. The van der Waals surface area contributed by atoms with Crippen LogP contribution in [0.4, 0.5) is 17.1 Å². The van der Waals surface area contributed by atoms with Crippen LogP contribution in [0, 0.1) is 20.2 Å². The van der Waals surface area contributed by atoms with Crippen LogP contribution in [0.3, 0.4) is 0 Å². The summed E-state index contributed by atoms with van der Waals surface area (Å²) in [7, 11) is -1.13. The third kappa shape index (κ3) is 6.14. The Morgan fingerprint density at radius 3 is 1.77 bits per heavy atom. The van der Waals surface area contributed by atoms with Gasteiger partial charge in [-0.2, -0.15) is 0 Å². The van der Waals surface area contributed by atoms with Crippen LogP contribution in [-0.2, 0) is 0 Å². The SMILES string of the molecule is CB(O)n1ccc2cc(N)ccc21.CB(O)n1ccc2cc([N+](=O)[O-])ccc21.O=[N+]([O-])c1ccc2[nH]ccc2c1. The van der Waals surface area contributed by atoms with Crippen molar-refractivity contribution in [2.75, 3.05) is 5.73 Å². The molecule has 40 heavy (non-hydrogen) atoms. The lowest BCUT2D eigenvalue weighted by atomic mass is 9.88. The standard InChI is InChI=1S/C9H9BN2O3.C9H11BN2O.C8H6N2O2/c1-10(13)11-5-4-7-6-8(12(14)15)2-3-9(7)11;1-10(13)12-5-4-7-6-8(11)2-3-9(7)12;11-10(12)7-1-2-8-6(5-7)3-4-9-8/h2-6,13H,1H3;2-6,13H,11H2,1H3;1-5,9H. The van der Waals surface area contributed by atoms with Crippen LogP contribution in [0.15, 0.2) is 91.4 Å². The van der Waals surface area contributed by atoms with Gasteiger partial charge in [0.25, 0.3) is 11.4 Å². The summed E-state index contributed by atoms with van der Waals surface area (Å²) >= 11 is 0. The molecule has 0 saturated heterocycles. The number of fused-ring (bicyclic) bond motifs is 3. The number of nitro benzene ring substituents is 2. The molecule has 0 saturated carbocycles. The quantitative estimate of drug-likeness (QED) is 0.108. The molecule has 3 aromatic heterocycles. The summed E-state index contributed by atoms with van der Waals surface area (Å²) in [6.07, 6.45) is 5.32. The van der Waals surface area contributed by atoms with Gasteiger partial charge in [-0.25, -0.2) is 0 Å². The predicted molar refractivity (Wildman–Crippen MR) is 158 cm³/mol. The van der Waals surface area contributed by atoms with Crippen molar-refractivity contribution < 1.29 is 19.9 Å². The van der Waals surface area contributed by atoms with E-state index in [9.17, 15) is 30.3 Å². The molecule has 0 fully saturated rings. The Kier molecular flexibility index (Phi) is 8.22. The number of hydrogen-bond donors (Lipinski definition) is 4. The number of benzene rings is 3. The van der Waals surface area contributed by atoms with Crippen LogP contribution in [0.5, 0.6) is 0 Å². The molecule has 0 unspecified atom stereocenters. The summed E-state index contributed by atoms with van der Waals surface area (Å²) in [5.41, 5.74) is 9.28. The van der Waals surface area contributed by atoms with Crippen LogP contribution in [0.1, 0.15) is 0 Å². The maximum atomic E-state index is 10.5. The first kappa shape index (κ1) is 28.0. The molecule has 0 radical (unpaired) electrons. The van der Waals surface area contributed by atoms with Crippen molar-refractivity contribution in [1.29, 1.82) is 0 Å². The van der Waals surface area contributed by atoms with Crippen LogP contribution in [0.2, 0.25) is 13.6 Å². The van der Waals surface area contributed by atoms with Crippen molar-refractivity contribution >= 4 is 63.9 Å².